The predicted octanol–water partition coefficient (Wildman–Crippen LogP) is 1.88. The Bertz CT molecular complexity index is 1060. The van der Waals surface area contributed by atoms with Gasteiger partial charge in [0.05, 0.1) is 18.4 Å². The van der Waals surface area contributed by atoms with Crippen LogP contribution in [0.1, 0.15) is 0 Å². The molecule has 0 aliphatic carbocycles. The molecular formula is C22H26N6O2. The number of fused-ring (bicyclic) bond motifs is 1. The number of benzene rings is 2. The number of anilines is 1. The van der Waals surface area contributed by atoms with Gasteiger partial charge in [0.2, 0.25) is 5.91 Å². The van der Waals surface area contributed by atoms with Gasteiger partial charge in [-0.05, 0) is 11.5 Å². The van der Waals surface area contributed by atoms with Gasteiger partial charge >= 0.3 is 0 Å². The number of carbonyl (C=O) groups excluding carboxylic acids is 1. The molecule has 1 aliphatic rings. The summed E-state index contributed by atoms with van der Waals surface area (Å²) in [6.45, 7) is 2.66. The summed E-state index contributed by atoms with van der Waals surface area (Å²) in [6, 6.07) is 14.2. The van der Waals surface area contributed by atoms with E-state index in [9.17, 15) is 4.79 Å². The Morgan fingerprint density at radius 1 is 1.20 bits per heavy atom. The lowest BCUT2D eigenvalue weighted by Gasteiger charge is -2.35. The Kier molecular flexibility index (Phi) is 5.83. The maximum atomic E-state index is 12.6. The van der Waals surface area contributed by atoms with Crippen LogP contribution in [0.25, 0.3) is 10.8 Å². The van der Waals surface area contributed by atoms with Crippen molar-refractivity contribution >= 4 is 28.3 Å². The van der Waals surface area contributed by atoms with Gasteiger partial charge in [0.25, 0.3) is 0 Å². The summed E-state index contributed by atoms with van der Waals surface area (Å²) >= 11 is 0. The summed E-state index contributed by atoms with van der Waals surface area (Å²) in [5.74, 6) is 1.60. The van der Waals surface area contributed by atoms with Gasteiger partial charge in [-0.1, -0.05) is 36.4 Å². The molecule has 0 atom stereocenters. The Morgan fingerprint density at radius 3 is 2.80 bits per heavy atom. The lowest BCUT2D eigenvalue weighted by atomic mass is 10.1. The molecule has 156 valence electrons. The largest absolute Gasteiger partial charge is 0.491 e. The van der Waals surface area contributed by atoms with Crippen LogP contribution in [0.15, 0.2) is 59.9 Å². The van der Waals surface area contributed by atoms with E-state index in [1.165, 1.54) is 0 Å². The minimum absolute atomic E-state index is 0.0317. The molecule has 2 aromatic carbocycles. The van der Waals surface area contributed by atoms with Crippen molar-refractivity contribution in [3.05, 3.63) is 54.9 Å². The minimum atomic E-state index is 0.0317. The third kappa shape index (κ3) is 4.22. The van der Waals surface area contributed by atoms with Crippen LogP contribution in [0.4, 0.5) is 5.69 Å². The molecule has 2 heterocycles. The fourth-order valence-electron chi connectivity index (χ4n) is 3.65. The van der Waals surface area contributed by atoms with Gasteiger partial charge in [-0.25, -0.2) is 0 Å². The molecule has 0 saturated carbocycles. The van der Waals surface area contributed by atoms with E-state index in [0.29, 0.717) is 32.2 Å². The zero-order chi connectivity index (χ0) is 20.9. The maximum absolute atomic E-state index is 12.6. The van der Waals surface area contributed by atoms with Crippen LogP contribution in [0, 0.1) is 0 Å². The lowest BCUT2D eigenvalue weighted by Crippen LogP contribution is -2.55. The topological polar surface area (TPSA) is 75.0 Å². The first-order chi connectivity index (χ1) is 14.7. The van der Waals surface area contributed by atoms with Crippen molar-refractivity contribution in [2.24, 2.45) is 12.0 Å². The first kappa shape index (κ1) is 19.8. The number of carbonyl (C=O) groups is 1. The Morgan fingerprint density at radius 2 is 2.03 bits per heavy atom. The molecule has 0 spiro atoms. The van der Waals surface area contributed by atoms with Crippen molar-refractivity contribution in [2.75, 3.05) is 44.7 Å². The summed E-state index contributed by atoms with van der Waals surface area (Å²) in [7, 11) is 3.57. The van der Waals surface area contributed by atoms with E-state index in [-0.39, 0.29) is 12.5 Å². The minimum Gasteiger partial charge on any atom is -0.491 e. The lowest BCUT2D eigenvalue weighted by molar-refractivity contribution is -0.120. The van der Waals surface area contributed by atoms with Crippen molar-refractivity contribution in [1.29, 1.82) is 0 Å². The number of piperazine rings is 1. The molecule has 4 rings (SSSR count). The van der Waals surface area contributed by atoms with Gasteiger partial charge in [0.1, 0.15) is 18.9 Å². The van der Waals surface area contributed by atoms with E-state index in [1.807, 2.05) is 42.4 Å². The standard InChI is InChI=1S/C22H26N6O2/c1-23-22(27-11-12-28(21(29)16-27)18-14-25-26(2)15-18)24-10-13-30-20-9-5-7-17-6-3-4-8-19(17)20/h3-9,14-15H,10-13,16H2,1-2H3,(H,23,24). The van der Waals surface area contributed by atoms with Crippen LogP contribution in [-0.2, 0) is 11.8 Å². The normalized spacial score (nSPS) is 15.0. The molecule has 0 unspecified atom stereocenters. The van der Waals surface area contributed by atoms with Crippen LogP contribution in [0.5, 0.6) is 5.75 Å². The molecule has 0 radical (unpaired) electrons. The summed E-state index contributed by atoms with van der Waals surface area (Å²) in [5, 5.41) is 9.70. The quantitative estimate of drug-likeness (QED) is 0.398. The molecule has 3 aromatic rings. The molecule has 1 amide bonds. The SMILES string of the molecule is CN=C(NCCOc1cccc2ccccc12)N1CCN(c2cnn(C)c2)C(=O)C1. The number of guanidine groups is 1. The number of nitrogens with zero attached hydrogens (tertiary/aromatic N) is 5. The Balaban J connectivity index is 1.29. The number of hydrogen-bond acceptors (Lipinski definition) is 4. The molecule has 1 aromatic heterocycles. The number of hydrogen-bond donors (Lipinski definition) is 1. The second-order valence-electron chi connectivity index (χ2n) is 7.14. The highest BCUT2D eigenvalue weighted by Crippen LogP contribution is 2.24. The number of nitrogens with one attached hydrogen (secondary N) is 1. The molecule has 0 bridgehead atoms. The monoisotopic (exact) mass is 406 g/mol. The summed E-state index contributed by atoms with van der Waals surface area (Å²) in [4.78, 5) is 20.7. The number of aromatic nitrogens is 2. The van der Waals surface area contributed by atoms with E-state index in [2.05, 4.69) is 33.6 Å². The van der Waals surface area contributed by atoms with Gasteiger partial charge in [-0.3, -0.25) is 14.5 Å². The maximum Gasteiger partial charge on any atom is 0.246 e. The summed E-state index contributed by atoms with van der Waals surface area (Å²) in [5.41, 5.74) is 0.827. The summed E-state index contributed by atoms with van der Waals surface area (Å²) < 4.78 is 7.68. The number of ether oxygens (including phenoxy) is 1. The van der Waals surface area contributed by atoms with Gasteiger partial charge in [0, 0.05) is 38.8 Å². The molecule has 1 aliphatic heterocycles. The van der Waals surface area contributed by atoms with Crippen LogP contribution in [0.3, 0.4) is 0 Å². The van der Waals surface area contributed by atoms with E-state index in [1.54, 1.807) is 22.8 Å². The van der Waals surface area contributed by atoms with Crippen molar-refractivity contribution in [3.8, 4) is 5.75 Å². The average molecular weight is 406 g/mol. The molecule has 8 nitrogen and oxygen atoms in total. The van der Waals surface area contributed by atoms with Crippen molar-refractivity contribution in [1.82, 2.24) is 20.0 Å². The number of aryl methyl sites for hydroxylation is 1. The van der Waals surface area contributed by atoms with Gasteiger partial charge in [-0.2, -0.15) is 5.10 Å². The molecular weight excluding hydrogens is 380 g/mol. The van der Waals surface area contributed by atoms with Crippen LogP contribution in [0.2, 0.25) is 0 Å². The second-order valence-corrected chi connectivity index (χ2v) is 7.14. The molecule has 30 heavy (non-hydrogen) atoms. The Hall–Kier alpha value is -3.55. The van der Waals surface area contributed by atoms with Gasteiger partial charge in [-0.15, -0.1) is 0 Å². The highest BCUT2D eigenvalue weighted by atomic mass is 16.5. The number of rotatable bonds is 5. The highest BCUT2D eigenvalue weighted by Gasteiger charge is 2.27. The van der Waals surface area contributed by atoms with Crippen LogP contribution < -0.4 is 15.0 Å². The summed E-state index contributed by atoms with van der Waals surface area (Å²) in [6.07, 6.45) is 3.57. The predicted molar refractivity (Wildman–Crippen MR) is 118 cm³/mol. The fraction of sp³-hybridized carbons (Fsp3) is 0.318. The molecule has 1 saturated heterocycles. The van der Waals surface area contributed by atoms with Gasteiger partial charge in [0.15, 0.2) is 5.96 Å². The van der Waals surface area contributed by atoms with Crippen LogP contribution >= 0.6 is 0 Å². The second kappa shape index (κ2) is 8.86. The van der Waals surface area contributed by atoms with Gasteiger partial charge < -0.3 is 19.9 Å². The van der Waals surface area contributed by atoms with E-state index >= 15 is 0 Å². The van der Waals surface area contributed by atoms with E-state index in [4.69, 9.17) is 4.74 Å². The molecule has 1 N–H and O–H groups in total. The van der Waals surface area contributed by atoms with Crippen LogP contribution in [-0.4, -0.2) is 66.4 Å². The third-order valence-electron chi connectivity index (χ3n) is 5.13. The van der Waals surface area contributed by atoms with Crippen molar-refractivity contribution in [2.45, 2.75) is 0 Å². The van der Waals surface area contributed by atoms with E-state index in [0.717, 1.165) is 22.2 Å². The fourth-order valence-corrected chi connectivity index (χ4v) is 3.65. The third-order valence-corrected chi connectivity index (χ3v) is 5.13. The number of amides is 1. The zero-order valence-electron chi connectivity index (χ0n) is 17.3. The average Bonchev–Trinajstić information content (AvgIpc) is 3.19. The molecule has 1 fully saturated rings. The van der Waals surface area contributed by atoms with Crippen molar-refractivity contribution < 1.29 is 9.53 Å². The highest BCUT2D eigenvalue weighted by molar-refractivity contribution is 5.98. The molecule has 8 heteroatoms. The zero-order valence-corrected chi connectivity index (χ0v) is 17.3. The first-order valence-corrected chi connectivity index (χ1v) is 10.0. The van der Waals surface area contributed by atoms with Crippen molar-refractivity contribution in [3.63, 3.8) is 0 Å². The smallest absolute Gasteiger partial charge is 0.246 e. The Labute approximate surface area is 175 Å². The van der Waals surface area contributed by atoms with E-state index < -0.39 is 0 Å². The number of aliphatic imine (C=N–C) groups is 1. The first-order valence-electron chi connectivity index (χ1n) is 10.0.